The molecule has 0 bridgehead atoms. The van der Waals surface area contributed by atoms with Crippen LogP contribution < -0.4 is 5.73 Å². The lowest BCUT2D eigenvalue weighted by atomic mass is 10.2. The van der Waals surface area contributed by atoms with Crippen LogP contribution in [0.25, 0.3) is 0 Å². The van der Waals surface area contributed by atoms with E-state index in [1.54, 1.807) is 6.92 Å². The van der Waals surface area contributed by atoms with Crippen molar-refractivity contribution in [1.82, 2.24) is 10.1 Å². The quantitative estimate of drug-likeness (QED) is 0.642. The minimum absolute atomic E-state index is 0.0832. The Kier molecular flexibility index (Phi) is 2.01. The van der Waals surface area contributed by atoms with Crippen LogP contribution in [0, 0.1) is 6.92 Å². The Morgan fingerprint density at radius 1 is 1.70 bits per heavy atom. The molecule has 0 spiro atoms. The van der Waals surface area contributed by atoms with Gasteiger partial charge in [-0.1, -0.05) is 5.16 Å². The van der Waals surface area contributed by atoms with Gasteiger partial charge in [-0.15, -0.1) is 0 Å². The molecule has 10 heavy (non-hydrogen) atoms. The molecule has 1 atom stereocenters. The van der Waals surface area contributed by atoms with Crippen molar-refractivity contribution in [3.8, 4) is 0 Å². The van der Waals surface area contributed by atoms with Crippen LogP contribution in [0.4, 0.5) is 0 Å². The summed E-state index contributed by atoms with van der Waals surface area (Å²) in [5, 5.41) is 3.63. The summed E-state index contributed by atoms with van der Waals surface area (Å²) in [6.45, 7) is 3.69. The molecule has 0 saturated heterocycles. The second-order valence-electron chi connectivity index (χ2n) is 2.42. The first-order valence-corrected chi connectivity index (χ1v) is 3.23. The average molecular weight is 141 g/mol. The number of nitrogens with zero attached hydrogens (tertiary/aromatic N) is 2. The zero-order valence-electron chi connectivity index (χ0n) is 6.16. The molecule has 1 rings (SSSR count). The van der Waals surface area contributed by atoms with Crippen LogP contribution in [0.5, 0.6) is 0 Å². The average Bonchev–Trinajstić information content (AvgIpc) is 2.13. The van der Waals surface area contributed by atoms with Crippen LogP contribution in [-0.2, 0) is 6.42 Å². The molecule has 0 radical (unpaired) electrons. The van der Waals surface area contributed by atoms with Gasteiger partial charge < -0.3 is 10.3 Å². The third-order valence-electron chi connectivity index (χ3n) is 1.07. The predicted octanol–water partition coefficient (Wildman–Crippen LogP) is 0.268. The van der Waals surface area contributed by atoms with Crippen molar-refractivity contribution >= 4 is 0 Å². The van der Waals surface area contributed by atoms with Crippen molar-refractivity contribution in [2.75, 3.05) is 0 Å². The fourth-order valence-corrected chi connectivity index (χ4v) is 0.698. The van der Waals surface area contributed by atoms with E-state index >= 15 is 0 Å². The second-order valence-corrected chi connectivity index (χ2v) is 2.42. The lowest BCUT2D eigenvalue weighted by Gasteiger charge is -1.96. The van der Waals surface area contributed by atoms with E-state index in [4.69, 9.17) is 10.3 Å². The summed E-state index contributed by atoms with van der Waals surface area (Å²) in [5.74, 6) is 1.28. The van der Waals surface area contributed by atoms with E-state index in [2.05, 4.69) is 10.1 Å². The maximum Gasteiger partial charge on any atom is 0.228 e. The van der Waals surface area contributed by atoms with Crippen molar-refractivity contribution in [3.63, 3.8) is 0 Å². The minimum Gasteiger partial charge on any atom is -0.339 e. The summed E-state index contributed by atoms with van der Waals surface area (Å²) in [5.41, 5.74) is 5.51. The zero-order valence-corrected chi connectivity index (χ0v) is 6.16. The van der Waals surface area contributed by atoms with Gasteiger partial charge in [0.1, 0.15) is 0 Å². The van der Waals surface area contributed by atoms with E-state index in [1.807, 2.05) is 6.92 Å². The molecule has 4 heteroatoms. The van der Waals surface area contributed by atoms with E-state index in [1.165, 1.54) is 0 Å². The summed E-state index contributed by atoms with van der Waals surface area (Å²) in [6.07, 6.45) is 0.654. The molecule has 0 fully saturated rings. The van der Waals surface area contributed by atoms with Crippen LogP contribution in [0.1, 0.15) is 18.6 Å². The molecule has 1 heterocycles. The van der Waals surface area contributed by atoms with Crippen LogP contribution in [0.15, 0.2) is 4.52 Å². The highest BCUT2D eigenvalue weighted by atomic mass is 16.5. The monoisotopic (exact) mass is 141 g/mol. The molecule has 0 aromatic carbocycles. The first kappa shape index (κ1) is 7.21. The first-order valence-electron chi connectivity index (χ1n) is 3.23. The van der Waals surface area contributed by atoms with E-state index < -0.39 is 0 Å². The van der Waals surface area contributed by atoms with Crippen LogP contribution in [0.3, 0.4) is 0 Å². The van der Waals surface area contributed by atoms with Crippen molar-refractivity contribution in [1.29, 1.82) is 0 Å². The molecule has 0 aliphatic heterocycles. The SMILES string of the molecule is Cc1noc(CC(C)N)n1. The van der Waals surface area contributed by atoms with Gasteiger partial charge in [-0.3, -0.25) is 0 Å². The van der Waals surface area contributed by atoms with Gasteiger partial charge in [0.05, 0.1) is 0 Å². The Bertz CT molecular complexity index is 207. The van der Waals surface area contributed by atoms with E-state index in [0.29, 0.717) is 18.1 Å². The van der Waals surface area contributed by atoms with Gasteiger partial charge in [-0.05, 0) is 13.8 Å². The molecule has 56 valence electrons. The number of rotatable bonds is 2. The fourth-order valence-electron chi connectivity index (χ4n) is 0.698. The number of hydrogen-bond donors (Lipinski definition) is 1. The fraction of sp³-hybridized carbons (Fsp3) is 0.667. The second kappa shape index (κ2) is 2.79. The molecule has 0 amide bonds. The van der Waals surface area contributed by atoms with E-state index in [0.717, 1.165) is 0 Å². The van der Waals surface area contributed by atoms with Gasteiger partial charge in [0.15, 0.2) is 5.82 Å². The smallest absolute Gasteiger partial charge is 0.228 e. The van der Waals surface area contributed by atoms with E-state index in [-0.39, 0.29) is 6.04 Å². The Hall–Kier alpha value is -0.900. The predicted molar refractivity (Wildman–Crippen MR) is 36.4 cm³/mol. The van der Waals surface area contributed by atoms with Crippen molar-refractivity contribution in [2.45, 2.75) is 26.3 Å². The summed E-state index contributed by atoms with van der Waals surface area (Å²) in [6, 6.07) is 0.0832. The third kappa shape index (κ3) is 1.80. The lowest BCUT2D eigenvalue weighted by Crippen LogP contribution is -2.17. The summed E-state index contributed by atoms with van der Waals surface area (Å²) < 4.78 is 4.83. The van der Waals surface area contributed by atoms with Gasteiger partial charge in [-0.25, -0.2) is 0 Å². The molecule has 1 unspecified atom stereocenters. The van der Waals surface area contributed by atoms with Gasteiger partial charge in [0.2, 0.25) is 5.89 Å². The Morgan fingerprint density at radius 2 is 2.40 bits per heavy atom. The number of hydrogen-bond acceptors (Lipinski definition) is 4. The van der Waals surface area contributed by atoms with Gasteiger partial charge in [0, 0.05) is 12.5 Å². The largest absolute Gasteiger partial charge is 0.339 e. The standard InChI is InChI=1S/C6H11N3O/c1-4(7)3-6-8-5(2)9-10-6/h4H,3,7H2,1-2H3. The highest BCUT2D eigenvalue weighted by molar-refractivity contribution is 4.84. The molecule has 1 aromatic rings. The molecule has 2 N–H and O–H groups in total. The van der Waals surface area contributed by atoms with Gasteiger partial charge in [0.25, 0.3) is 0 Å². The Balaban J connectivity index is 2.58. The van der Waals surface area contributed by atoms with Crippen LogP contribution >= 0.6 is 0 Å². The van der Waals surface area contributed by atoms with Crippen molar-refractivity contribution < 1.29 is 4.52 Å². The third-order valence-corrected chi connectivity index (χ3v) is 1.07. The topological polar surface area (TPSA) is 64.9 Å². The molecular formula is C6H11N3O. The highest BCUT2D eigenvalue weighted by Crippen LogP contribution is 1.97. The molecule has 1 aromatic heterocycles. The normalized spacial score (nSPS) is 13.5. The summed E-state index contributed by atoms with van der Waals surface area (Å²) >= 11 is 0. The van der Waals surface area contributed by atoms with Crippen molar-refractivity contribution in [3.05, 3.63) is 11.7 Å². The van der Waals surface area contributed by atoms with E-state index in [9.17, 15) is 0 Å². The number of nitrogens with two attached hydrogens (primary N) is 1. The Labute approximate surface area is 59.4 Å². The first-order chi connectivity index (χ1) is 4.68. The molecule has 0 aliphatic rings. The van der Waals surface area contributed by atoms with Gasteiger partial charge >= 0.3 is 0 Å². The maximum absolute atomic E-state index is 5.51. The van der Waals surface area contributed by atoms with Crippen LogP contribution in [0.2, 0.25) is 0 Å². The van der Waals surface area contributed by atoms with Crippen LogP contribution in [-0.4, -0.2) is 16.2 Å². The molecule has 0 saturated carbocycles. The zero-order chi connectivity index (χ0) is 7.56. The minimum atomic E-state index is 0.0832. The Morgan fingerprint density at radius 3 is 2.80 bits per heavy atom. The summed E-state index contributed by atoms with van der Waals surface area (Å²) in [4.78, 5) is 3.99. The number of aryl methyl sites for hydroxylation is 1. The maximum atomic E-state index is 5.51. The lowest BCUT2D eigenvalue weighted by molar-refractivity contribution is 0.368. The highest BCUT2D eigenvalue weighted by Gasteiger charge is 2.03. The summed E-state index contributed by atoms with van der Waals surface area (Å²) in [7, 11) is 0. The van der Waals surface area contributed by atoms with Crippen molar-refractivity contribution in [2.24, 2.45) is 5.73 Å². The molecular weight excluding hydrogens is 130 g/mol. The molecule has 4 nitrogen and oxygen atoms in total. The van der Waals surface area contributed by atoms with Gasteiger partial charge in [-0.2, -0.15) is 4.98 Å². The number of aromatic nitrogens is 2. The molecule has 0 aliphatic carbocycles.